The molecular weight excluding hydrogens is 320 g/mol. The molecular formula is C19H26N2O4. The Morgan fingerprint density at radius 2 is 2.00 bits per heavy atom. The third-order valence-electron chi connectivity index (χ3n) is 5.65. The predicted octanol–water partition coefficient (Wildman–Crippen LogP) is 1.49. The van der Waals surface area contributed by atoms with Gasteiger partial charge in [0.25, 0.3) is 0 Å². The Morgan fingerprint density at radius 3 is 2.64 bits per heavy atom. The molecule has 2 fully saturated rings. The SMILES string of the molecule is COc1ccc(CC(=O)N2CCC[C@@]3(C(=O)O)CN(C)C[C@H]3C2)cc1. The number of rotatable bonds is 4. The fourth-order valence-corrected chi connectivity index (χ4v) is 4.29. The molecule has 0 aliphatic carbocycles. The molecule has 1 aromatic rings. The molecule has 2 saturated heterocycles. The van der Waals surface area contributed by atoms with Crippen LogP contribution in [0.25, 0.3) is 0 Å². The minimum atomic E-state index is -0.716. The first-order chi connectivity index (χ1) is 11.9. The molecule has 25 heavy (non-hydrogen) atoms. The van der Waals surface area contributed by atoms with Crippen LogP contribution < -0.4 is 4.74 Å². The first kappa shape index (κ1) is 17.7. The number of carbonyl (C=O) groups excluding carboxylic acids is 1. The number of carboxylic acids is 1. The van der Waals surface area contributed by atoms with Crippen molar-refractivity contribution in [3.63, 3.8) is 0 Å². The Balaban J connectivity index is 1.70. The van der Waals surface area contributed by atoms with Crippen molar-refractivity contribution in [1.29, 1.82) is 0 Å². The van der Waals surface area contributed by atoms with Crippen molar-refractivity contribution in [2.45, 2.75) is 19.3 Å². The van der Waals surface area contributed by atoms with E-state index in [2.05, 4.69) is 4.90 Å². The Labute approximate surface area is 148 Å². The Morgan fingerprint density at radius 1 is 1.28 bits per heavy atom. The molecule has 0 saturated carbocycles. The highest BCUT2D eigenvalue weighted by Crippen LogP contribution is 2.42. The summed E-state index contributed by atoms with van der Waals surface area (Å²) in [6.45, 7) is 2.49. The maximum Gasteiger partial charge on any atom is 0.311 e. The molecule has 3 rings (SSSR count). The van der Waals surface area contributed by atoms with Gasteiger partial charge in [0.2, 0.25) is 5.91 Å². The van der Waals surface area contributed by atoms with E-state index < -0.39 is 11.4 Å². The molecule has 2 aliphatic heterocycles. The molecule has 2 heterocycles. The van der Waals surface area contributed by atoms with Gasteiger partial charge in [0.05, 0.1) is 18.9 Å². The number of fused-ring (bicyclic) bond motifs is 1. The van der Waals surface area contributed by atoms with Crippen molar-refractivity contribution >= 4 is 11.9 Å². The third-order valence-corrected chi connectivity index (χ3v) is 5.65. The highest BCUT2D eigenvalue weighted by atomic mass is 16.5. The van der Waals surface area contributed by atoms with Crippen molar-refractivity contribution in [3.8, 4) is 5.75 Å². The number of ether oxygens (including phenoxy) is 1. The molecule has 0 radical (unpaired) electrons. The van der Waals surface area contributed by atoms with Gasteiger partial charge in [-0.1, -0.05) is 12.1 Å². The molecule has 1 amide bonds. The number of amides is 1. The number of carboxylic acid groups (broad SMARTS) is 1. The van der Waals surface area contributed by atoms with Crippen LogP contribution in [0.15, 0.2) is 24.3 Å². The largest absolute Gasteiger partial charge is 0.497 e. The summed E-state index contributed by atoms with van der Waals surface area (Å²) < 4.78 is 5.14. The van der Waals surface area contributed by atoms with E-state index in [1.165, 1.54) is 0 Å². The van der Waals surface area contributed by atoms with E-state index >= 15 is 0 Å². The first-order valence-corrected chi connectivity index (χ1v) is 8.77. The third kappa shape index (κ3) is 3.49. The number of likely N-dealkylation sites (tertiary alicyclic amines) is 2. The number of benzene rings is 1. The average Bonchev–Trinajstić information content (AvgIpc) is 2.80. The van der Waals surface area contributed by atoms with Gasteiger partial charge in [-0.25, -0.2) is 0 Å². The van der Waals surface area contributed by atoms with E-state index in [9.17, 15) is 14.7 Å². The maximum atomic E-state index is 12.8. The van der Waals surface area contributed by atoms with Gasteiger partial charge in [-0.3, -0.25) is 9.59 Å². The van der Waals surface area contributed by atoms with Crippen molar-refractivity contribution < 1.29 is 19.4 Å². The zero-order valence-electron chi connectivity index (χ0n) is 14.9. The van der Waals surface area contributed by atoms with Crippen LogP contribution in [0.5, 0.6) is 5.75 Å². The predicted molar refractivity (Wildman–Crippen MR) is 93.6 cm³/mol. The molecule has 1 aromatic carbocycles. The topological polar surface area (TPSA) is 70.1 Å². The highest BCUT2D eigenvalue weighted by Gasteiger charge is 2.52. The zero-order chi connectivity index (χ0) is 18.0. The summed E-state index contributed by atoms with van der Waals surface area (Å²) in [6, 6.07) is 7.51. The fraction of sp³-hybridized carbons (Fsp3) is 0.579. The summed E-state index contributed by atoms with van der Waals surface area (Å²) in [5.74, 6) is 0.121. The minimum Gasteiger partial charge on any atom is -0.497 e. The van der Waals surface area contributed by atoms with Crippen LogP contribution in [-0.4, -0.2) is 67.1 Å². The van der Waals surface area contributed by atoms with Crippen LogP contribution >= 0.6 is 0 Å². The minimum absolute atomic E-state index is 0.00248. The Kier molecular flexibility index (Phi) is 4.99. The quantitative estimate of drug-likeness (QED) is 0.894. The van der Waals surface area contributed by atoms with Gasteiger partial charge in [0.15, 0.2) is 0 Å². The molecule has 0 unspecified atom stereocenters. The fourth-order valence-electron chi connectivity index (χ4n) is 4.29. The first-order valence-electron chi connectivity index (χ1n) is 8.77. The lowest BCUT2D eigenvalue weighted by atomic mass is 9.75. The van der Waals surface area contributed by atoms with E-state index in [0.717, 1.165) is 24.3 Å². The molecule has 6 heteroatoms. The second-order valence-electron chi connectivity index (χ2n) is 7.32. The smallest absolute Gasteiger partial charge is 0.311 e. The molecule has 2 atom stereocenters. The van der Waals surface area contributed by atoms with Crippen LogP contribution in [0.1, 0.15) is 18.4 Å². The summed E-state index contributed by atoms with van der Waals surface area (Å²) in [7, 11) is 3.58. The van der Waals surface area contributed by atoms with Gasteiger partial charge in [0.1, 0.15) is 5.75 Å². The molecule has 0 bridgehead atoms. The van der Waals surface area contributed by atoms with Crippen LogP contribution in [-0.2, 0) is 16.0 Å². The summed E-state index contributed by atoms with van der Waals surface area (Å²) in [4.78, 5) is 28.6. The van der Waals surface area contributed by atoms with Crippen LogP contribution in [0.2, 0.25) is 0 Å². The standard InChI is InChI=1S/C19H26N2O4/c1-20-11-15-12-21(9-3-8-19(15,13-20)18(23)24)17(22)10-14-4-6-16(25-2)7-5-14/h4-7,15H,3,8-13H2,1-2H3,(H,23,24)/t15-,19+/m0/s1. The number of methoxy groups -OCH3 is 1. The van der Waals surface area contributed by atoms with Crippen LogP contribution in [0.3, 0.4) is 0 Å². The molecule has 0 spiro atoms. The molecule has 6 nitrogen and oxygen atoms in total. The summed E-state index contributed by atoms with van der Waals surface area (Å²) >= 11 is 0. The van der Waals surface area contributed by atoms with Gasteiger partial charge < -0.3 is 19.6 Å². The van der Waals surface area contributed by atoms with Crippen LogP contribution in [0.4, 0.5) is 0 Å². The second kappa shape index (κ2) is 7.04. The van der Waals surface area contributed by atoms with E-state index in [1.807, 2.05) is 36.2 Å². The zero-order valence-corrected chi connectivity index (χ0v) is 14.9. The normalized spacial score (nSPS) is 26.8. The van der Waals surface area contributed by atoms with E-state index in [1.54, 1.807) is 7.11 Å². The van der Waals surface area contributed by atoms with E-state index in [0.29, 0.717) is 32.5 Å². The van der Waals surface area contributed by atoms with Gasteiger partial charge in [-0.15, -0.1) is 0 Å². The average molecular weight is 346 g/mol. The lowest BCUT2D eigenvalue weighted by molar-refractivity contribution is -0.151. The summed E-state index contributed by atoms with van der Waals surface area (Å²) in [5, 5.41) is 9.81. The summed E-state index contributed by atoms with van der Waals surface area (Å²) in [5.41, 5.74) is 0.243. The van der Waals surface area contributed by atoms with Crippen molar-refractivity contribution in [2.75, 3.05) is 40.3 Å². The van der Waals surface area contributed by atoms with Crippen molar-refractivity contribution in [3.05, 3.63) is 29.8 Å². The lowest BCUT2D eigenvalue weighted by Crippen LogP contribution is -2.43. The van der Waals surface area contributed by atoms with Gasteiger partial charge >= 0.3 is 5.97 Å². The van der Waals surface area contributed by atoms with Gasteiger partial charge in [0, 0.05) is 32.1 Å². The molecule has 136 valence electrons. The van der Waals surface area contributed by atoms with Crippen LogP contribution in [0, 0.1) is 11.3 Å². The molecule has 1 N–H and O–H groups in total. The number of hydrogen-bond donors (Lipinski definition) is 1. The Hall–Kier alpha value is -2.08. The maximum absolute atomic E-state index is 12.8. The number of aliphatic carboxylic acids is 1. The van der Waals surface area contributed by atoms with Crippen molar-refractivity contribution in [1.82, 2.24) is 9.80 Å². The monoisotopic (exact) mass is 346 g/mol. The van der Waals surface area contributed by atoms with E-state index in [4.69, 9.17) is 4.74 Å². The number of hydrogen-bond acceptors (Lipinski definition) is 4. The second-order valence-corrected chi connectivity index (χ2v) is 7.32. The Bertz CT molecular complexity index is 645. The molecule has 2 aliphatic rings. The van der Waals surface area contributed by atoms with Gasteiger partial charge in [-0.2, -0.15) is 0 Å². The number of carbonyl (C=O) groups is 2. The summed E-state index contributed by atoms with van der Waals surface area (Å²) in [6.07, 6.45) is 1.72. The van der Waals surface area contributed by atoms with E-state index in [-0.39, 0.29) is 11.8 Å². The molecule has 0 aromatic heterocycles. The van der Waals surface area contributed by atoms with Crippen molar-refractivity contribution in [2.24, 2.45) is 11.3 Å². The van der Waals surface area contributed by atoms with Gasteiger partial charge in [-0.05, 0) is 37.6 Å². The lowest BCUT2D eigenvalue weighted by Gasteiger charge is -2.29. The number of nitrogens with zero attached hydrogens (tertiary/aromatic N) is 2. The highest BCUT2D eigenvalue weighted by molar-refractivity contribution is 5.80.